The quantitative estimate of drug-likeness (QED) is 0.818. The molecule has 0 radical (unpaired) electrons. The third kappa shape index (κ3) is 4.52. The lowest BCUT2D eigenvalue weighted by molar-refractivity contribution is -0.902. The molecule has 2 aliphatic rings. The predicted molar refractivity (Wildman–Crippen MR) is 105 cm³/mol. The van der Waals surface area contributed by atoms with Gasteiger partial charge in [0.05, 0.1) is 37.6 Å². The maximum Gasteiger partial charge on any atom is 0.254 e. The van der Waals surface area contributed by atoms with Gasteiger partial charge in [0.1, 0.15) is 0 Å². The minimum Gasteiger partial charge on any atom is -0.332 e. The van der Waals surface area contributed by atoms with E-state index in [0.29, 0.717) is 30.5 Å². The van der Waals surface area contributed by atoms with Crippen molar-refractivity contribution in [1.82, 2.24) is 9.21 Å². The number of nitrogens with zero attached hydrogens (tertiary/aromatic N) is 2. The molecule has 0 bridgehead atoms. The molecule has 1 aromatic rings. The molecule has 0 unspecified atom stereocenters. The number of amides is 1. The molecule has 2 heterocycles. The molecule has 1 amide bonds. The molecule has 6 nitrogen and oxygen atoms in total. The molecule has 3 rings (SSSR count). The van der Waals surface area contributed by atoms with Crippen molar-refractivity contribution in [1.29, 1.82) is 0 Å². The van der Waals surface area contributed by atoms with Gasteiger partial charge in [-0.05, 0) is 49.4 Å². The van der Waals surface area contributed by atoms with Crippen LogP contribution in [0.5, 0.6) is 0 Å². The van der Waals surface area contributed by atoms with Gasteiger partial charge in [-0.15, -0.1) is 0 Å². The Labute approximate surface area is 163 Å². The first kappa shape index (κ1) is 20.3. The van der Waals surface area contributed by atoms with Crippen LogP contribution in [0.1, 0.15) is 37.6 Å². The number of nitrogens with one attached hydrogen (secondary N) is 1. The van der Waals surface area contributed by atoms with E-state index in [9.17, 15) is 13.2 Å². The van der Waals surface area contributed by atoms with Crippen molar-refractivity contribution in [2.75, 3.05) is 45.8 Å². The van der Waals surface area contributed by atoms with Gasteiger partial charge in [-0.2, -0.15) is 4.31 Å². The van der Waals surface area contributed by atoms with Crippen LogP contribution in [0.25, 0.3) is 0 Å². The Bertz CT molecular complexity index is 745. The summed E-state index contributed by atoms with van der Waals surface area (Å²) < 4.78 is 27.5. The molecule has 150 valence electrons. The lowest BCUT2D eigenvalue weighted by Gasteiger charge is -2.34. The number of hydrogen-bond acceptors (Lipinski definition) is 3. The van der Waals surface area contributed by atoms with E-state index in [1.54, 1.807) is 28.6 Å². The van der Waals surface area contributed by atoms with Crippen molar-refractivity contribution in [2.24, 2.45) is 11.8 Å². The topological polar surface area (TPSA) is 62.1 Å². The van der Waals surface area contributed by atoms with E-state index in [4.69, 9.17) is 0 Å². The first-order chi connectivity index (χ1) is 12.8. The van der Waals surface area contributed by atoms with Crippen LogP contribution in [-0.2, 0) is 10.0 Å². The predicted octanol–water partition coefficient (Wildman–Crippen LogP) is 0.714. The highest BCUT2D eigenvalue weighted by atomic mass is 32.2. The monoisotopic (exact) mass is 394 g/mol. The first-order valence-corrected chi connectivity index (χ1v) is 11.5. The lowest BCUT2D eigenvalue weighted by Crippen LogP contribution is -3.14. The third-order valence-electron chi connectivity index (χ3n) is 5.83. The van der Waals surface area contributed by atoms with Crippen molar-refractivity contribution >= 4 is 15.9 Å². The van der Waals surface area contributed by atoms with Gasteiger partial charge in [0.15, 0.2) is 0 Å². The zero-order valence-electron chi connectivity index (χ0n) is 16.6. The number of sulfonamides is 1. The summed E-state index contributed by atoms with van der Waals surface area (Å²) in [4.78, 5) is 16.4. The Kier molecular flexibility index (Phi) is 6.23. The number of quaternary nitrogens is 1. The van der Waals surface area contributed by atoms with E-state index in [0.717, 1.165) is 39.1 Å². The highest BCUT2D eigenvalue weighted by molar-refractivity contribution is 7.89. The van der Waals surface area contributed by atoms with E-state index in [-0.39, 0.29) is 10.8 Å². The summed E-state index contributed by atoms with van der Waals surface area (Å²) in [6, 6.07) is 6.48. The molecule has 27 heavy (non-hydrogen) atoms. The van der Waals surface area contributed by atoms with Crippen LogP contribution < -0.4 is 4.90 Å². The number of likely N-dealkylation sites (N-methyl/N-ethyl adjacent to an activating group) is 1. The summed E-state index contributed by atoms with van der Waals surface area (Å²) in [5, 5.41) is 0. The summed E-state index contributed by atoms with van der Waals surface area (Å²) in [5.74, 6) is 0.732. The molecule has 2 aliphatic heterocycles. The molecular weight excluding hydrogens is 362 g/mol. The van der Waals surface area contributed by atoms with Gasteiger partial charge < -0.3 is 9.80 Å². The van der Waals surface area contributed by atoms with Crippen molar-refractivity contribution < 1.29 is 18.1 Å². The fourth-order valence-corrected chi connectivity index (χ4v) is 5.96. The van der Waals surface area contributed by atoms with Crippen LogP contribution >= 0.6 is 0 Å². The van der Waals surface area contributed by atoms with E-state index >= 15 is 0 Å². The first-order valence-electron chi connectivity index (χ1n) is 10.0. The molecule has 2 atom stereocenters. The van der Waals surface area contributed by atoms with Crippen molar-refractivity contribution in [2.45, 2.75) is 32.1 Å². The average molecular weight is 395 g/mol. The number of carbonyl (C=O) groups is 1. The second-order valence-electron chi connectivity index (χ2n) is 8.19. The molecule has 0 spiro atoms. The largest absolute Gasteiger partial charge is 0.332 e. The summed E-state index contributed by atoms with van der Waals surface area (Å²) in [6.45, 7) is 12.0. The van der Waals surface area contributed by atoms with Crippen LogP contribution in [0.15, 0.2) is 29.2 Å². The van der Waals surface area contributed by atoms with Gasteiger partial charge in [0.25, 0.3) is 5.91 Å². The van der Waals surface area contributed by atoms with Crippen molar-refractivity contribution in [3.8, 4) is 0 Å². The Hall–Kier alpha value is -1.44. The van der Waals surface area contributed by atoms with E-state index < -0.39 is 10.0 Å². The number of carbonyl (C=O) groups excluding carboxylic acids is 1. The van der Waals surface area contributed by atoms with Gasteiger partial charge in [-0.1, -0.05) is 13.8 Å². The number of piperazine rings is 1. The third-order valence-corrected chi connectivity index (χ3v) is 7.68. The van der Waals surface area contributed by atoms with Crippen LogP contribution in [0.3, 0.4) is 0 Å². The maximum atomic E-state index is 13.0. The molecule has 1 aromatic carbocycles. The van der Waals surface area contributed by atoms with Crippen LogP contribution in [0, 0.1) is 11.8 Å². The average Bonchev–Trinajstić information content (AvgIpc) is 2.67. The molecule has 7 heteroatoms. The van der Waals surface area contributed by atoms with E-state index in [1.165, 1.54) is 4.90 Å². The summed E-state index contributed by atoms with van der Waals surface area (Å²) in [5.41, 5.74) is 0.564. The molecule has 2 saturated heterocycles. The minimum absolute atomic E-state index is 0.00526. The molecule has 0 saturated carbocycles. The molecular formula is C20H32N3O3S+. The number of rotatable bonds is 4. The summed E-state index contributed by atoms with van der Waals surface area (Å²) in [7, 11) is -3.50. The van der Waals surface area contributed by atoms with Crippen molar-refractivity contribution in [3.63, 3.8) is 0 Å². The Morgan fingerprint density at radius 2 is 1.63 bits per heavy atom. The minimum atomic E-state index is -3.50. The Morgan fingerprint density at radius 3 is 2.15 bits per heavy atom. The normalized spacial score (nSPS) is 25.5. The molecule has 2 fully saturated rings. The van der Waals surface area contributed by atoms with Gasteiger partial charge >= 0.3 is 0 Å². The fourth-order valence-electron chi connectivity index (χ4n) is 4.28. The summed E-state index contributed by atoms with van der Waals surface area (Å²) in [6.07, 6.45) is 1.06. The summed E-state index contributed by atoms with van der Waals surface area (Å²) >= 11 is 0. The smallest absolute Gasteiger partial charge is 0.254 e. The van der Waals surface area contributed by atoms with E-state index in [1.807, 2.05) is 4.90 Å². The van der Waals surface area contributed by atoms with Crippen molar-refractivity contribution in [3.05, 3.63) is 29.8 Å². The SMILES string of the molecule is CC[NH+]1CCN(C(=O)c2ccc(S(=O)(=O)N3C[C@H](C)C[C@H](C)C3)cc2)CC1. The number of benzene rings is 1. The lowest BCUT2D eigenvalue weighted by atomic mass is 9.94. The molecule has 1 N–H and O–H groups in total. The Balaban J connectivity index is 1.70. The Morgan fingerprint density at radius 1 is 1.07 bits per heavy atom. The zero-order valence-corrected chi connectivity index (χ0v) is 17.5. The molecule has 0 aliphatic carbocycles. The standard InChI is InChI=1S/C20H31N3O3S/c1-4-21-9-11-22(12-10-21)20(24)18-5-7-19(8-6-18)27(25,26)23-14-16(2)13-17(3)15-23/h5-8,16-17H,4,9-15H2,1-3H3/p+1/t16-,17+. The number of piperidine rings is 1. The maximum absolute atomic E-state index is 13.0. The van der Waals surface area contributed by atoms with Gasteiger partial charge in [0, 0.05) is 18.7 Å². The highest BCUT2D eigenvalue weighted by Gasteiger charge is 2.32. The number of hydrogen-bond donors (Lipinski definition) is 1. The van der Waals surface area contributed by atoms with Gasteiger partial charge in [-0.25, -0.2) is 8.42 Å². The molecule has 0 aromatic heterocycles. The van der Waals surface area contributed by atoms with Crippen LogP contribution in [0.4, 0.5) is 0 Å². The second-order valence-corrected chi connectivity index (χ2v) is 10.1. The van der Waals surface area contributed by atoms with Gasteiger partial charge in [-0.3, -0.25) is 4.79 Å². The van der Waals surface area contributed by atoms with Crippen LogP contribution in [-0.4, -0.2) is 69.3 Å². The zero-order chi connectivity index (χ0) is 19.6. The second kappa shape index (κ2) is 8.29. The van der Waals surface area contributed by atoms with Gasteiger partial charge in [0.2, 0.25) is 10.0 Å². The fraction of sp³-hybridized carbons (Fsp3) is 0.650. The highest BCUT2D eigenvalue weighted by Crippen LogP contribution is 2.26. The van der Waals surface area contributed by atoms with E-state index in [2.05, 4.69) is 20.8 Å². The van der Waals surface area contributed by atoms with Crippen LogP contribution in [0.2, 0.25) is 0 Å².